The van der Waals surface area contributed by atoms with Gasteiger partial charge in [-0.2, -0.15) is 9.38 Å². The van der Waals surface area contributed by atoms with Gasteiger partial charge in [-0.1, -0.05) is 11.3 Å². The Balaban J connectivity index is 2.01. The predicted molar refractivity (Wildman–Crippen MR) is 97.9 cm³/mol. The summed E-state index contributed by atoms with van der Waals surface area (Å²) in [4.78, 5) is 17.8. The third kappa shape index (κ3) is 2.88. The van der Waals surface area contributed by atoms with Crippen LogP contribution in [0.15, 0.2) is 23.7 Å². The molecule has 138 valence electrons. The van der Waals surface area contributed by atoms with Crippen LogP contribution in [0.2, 0.25) is 0 Å². The smallest absolute Gasteiger partial charge is 0.373 e. The molecule has 3 aromatic rings. The Morgan fingerprint density at radius 3 is 2.58 bits per heavy atom. The molecule has 1 aromatic carbocycles. The van der Waals surface area contributed by atoms with Crippen molar-refractivity contribution in [1.29, 1.82) is 0 Å². The molecule has 2 heterocycles. The minimum absolute atomic E-state index is 0.0665. The van der Waals surface area contributed by atoms with Crippen LogP contribution < -0.4 is 19.1 Å². The molecule has 0 N–H and O–H groups in total. The minimum Gasteiger partial charge on any atom is -0.493 e. The standard InChI is InChI=1S/C16H18N4O5S/c1-18(14-15(20(21)22)19-7-8-26-16(19)17-14)9-10-5-6-11(23-2)13(25-4)12(10)24-3/h5-8H,9H2,1-4H3. The summed E-state index contributed by atoms with van der Waals surface area (Å²) in [7, 11) is 6.36. The van der Waals surface area contributed by atoms with Crippen LogP contribution in [0.4, 0.5) is 11.6 Å². The van der Waals surface area contributed by atoms with Crippen LogP contribution in [0.5, 0.6) is 17.2 Å². The van der Waals surface area contributed by atoms with Gasteiger partial charge in [-0.05, 0) is 17.1 Å². The second kappa shape index (κ2) is 7.08. The van der Waals surface area contributed by atoms with Crippen molar-refractivity contribution >= 4 is 27.9 Å². The highest BCUT2D eigenvalue weighted by atomic mass is 32.1. The van der Waals surface area contributed by atoms with Gasteiger partial charge in [0.05, 0.1) is 21.3 Å². The molecule has 2 aromatic heterocycles. The van der Waals surface area contributed by atoms with Gasteiger partial charge in [0.25, 0.3) is 4.96 Å². The fourth-order valence-electron chi connectivity index (χ4n) is 2.81. The number of aromatic nitrogens is 2. The van der Waals surface area contributed by atoms with Gasteiger partial charge in [0.1, 0.15) is 6.20 Å². The van der Waals surface area contributed by atoms with Crippen molar-refractivity contribution in [1.82, 2.24) is 9.38 Å². The van der Waals surface area contributed by atoms with Crippen LogP contribution in [-0.4, -0.2) is 42.7 Å². The topological polar surface area (TPSA) is 91.4 Å². The molecule has 0 radical (unpaired) electrons. The lowest BCUT2D eigenvalue weighted by molar-refractivity contribution is -0.389. The molecule has 0 spiro atoms. The van der Waals surface area contributed by atoms with Gasteiger partial charge in [-0.3, -0.25) is 0 Å². The number of ether oxygens (including phenoxy) is 3. The molecule has 0 atom stereocenters. The van der Waals surface area contributed by atoms with Crippen molar-refractivity contribution in [3.63, 3.8) is 0 Å². The lowest BCUT2D eigenvalue weighted by Crippen LogP contribution is -2.19. The van der Waals surface area contributed by atoms with Crippen molar-refractivity contribution < 1.29 is 19.1 Å². The van der Waals surface area contributed by atoms with Crippen molar-refractivity contribution in [2.75, 3.05) is 33.3 Å². The number of methoxy groups -OCH3 is 3. The van der Waals surface area contributed by atoms with Gasteiger partial charge in [-0.15, -0.1) is 0 Å². The van der Waals surface area contributed by atoms with E-state index < -0.39 is 4.92 Å². The summed E-state index contributed by atoms with van der Waals surface area (Å²) < 4.78 is 17.6. The molecule has 0 saturated heterocycles. The molecule has 0 aliphatic heterocycles. The lowest BCUT2D eigenvalue weighted by Gasteiger charge is -2.20. The lowest BCUT2D eigenvalue weighted by atomic mass is 10.1. The zero-order valence-corrected chi connectivity index (χ0v) is 15.6. The Labute approximate surface area is 153 Å². The maximum Gasteiger partial charge on any atom is 0.373 e. The number of thiazole rings is 1. The highest BCUT2D eigenvalue weighted by Crippen LogP contribution is 2.41. The van der Waals surface area contributed by atoms with Gasteiger partial charge < -0.3 is 29.2 Å². The van der Waals surface area contributed by atoms with E-state index in [9.17, 15) is 10.1 Å². The Morgan fingerprint density at radius 2 is 1.96 bits per heavy atom. The molecular formula is C16H18N4O5S. The van der Waals surface area contributed by atoms with Gasteiger partial charge in [-0.25, -0.2) is 0 Å². The third-order valence-electron chi connectivity index (χ3n) is 3.95. The second-order valence-corrected chi connectivity index (χ2v) is 6.29. The van der Waals surface area contributed by atoms with Crippen molar-refractivity contribution in [2.45, 2.75) is 6.54 Å². The van der Waals surface area contributed by atoms with E-state index in [1.807, 2.05) is 6.07 Å². The molecular weight excluding hydrogens is 360 g/mol. The van der Waals surface area contributed by atoms with E-state index in [1.165, 1.54) is 30.0 Å². The van der Waals surface area contributed by atoms with E-state index in [0.717, 1.165) is 5.56 Å². The third-order valence-corrected chi connectivity index (χ3v) is 4.70. The zero-order chi connectivity index (χ0) is 18.8. The molecule has 0 amide bonds. The second-order valence-electron chi connectivity index (χ2n) is 5.42. The molecule has 0 bridgehead atoms. The first-order chi connectivity index (χ1) is 12.5. The number of nitro groups is 1. The average molecular weight is 378 g/mol. The van der Waals surface area contributed by atoms with E-state index in [-0.39, 0.29) is 5.82 Å². The maximum atomic E-state index is 11.5. The number of hydrogen-bond donors (Lipinski definition) is 0. The zero-order valence-electron chi connectivity index (χ0n) is 14.8. The van der Waals surface area contributed by atoms with Crippen molar-refractivity contribution in [3.8, 4) is 17.2 Å². The number of nitrogens with zero attached hydrogens (tertiary/aromatic N) is 4. The van der Waals surface area contributed by atoms with Crippen molar-refractivity contribution in [2.24, 2.45) is 0 Å². The molecule has 9 nitrogen and oxygen atoms in total. The molecule has 3 rings (SSSR count). The molecule has 0 aliphatic carbocycles. The summed E-state index contributed by atoms with van der Waals surface area (Å²) in [6.07, 6.45) is 1.64. The largest absolute Gasteiger partial charge is 0.493 e. The quantitative estimate of drug-likeness (QED) is 0.461. The normalized spacial score (nSPS) is 10.8. The van der Waals surface area contributed by atoms with Crippen LogP contribution in [0, 0.1) is 10.1 Å². The summed E-state index contributed by atoms with van der Waals surface area (Å²) >= 11 is 1.34. The first-order valence-corrected chi connectivity index (χ1v) is 8.48. The first kappa shape index (κ1) is 17.8. The average Bonchev–Trinajstić information content (AvgIpc) is 3.21. The van der Waals surface area contributed by atoms with Gasteiger partial charge in [0.2, 0.25) is 11.6 Å². The molecule has 26 heavy (non-hydrogen) atoms. The van der Waals surface area contributed by atoms with Crippen molar-refractivity contribution in [3.05, 3.63) is 39.4 Å². The molecule has 0 aliphatic rings. The minimum atomic E-state index is -0.426. The van der Waals surface area contributed by atoms with Crippen LogP contribution in [-0.2, 0) is 6.54 Å². The van der Waals surface area contributed by atoms with Gasteiger partial charge >= 0.3 is 5.82 Å². The molecule has 0 fully saturated rings. The molecule has 0 unspecified atom stereocenters. The monoisotopic (exact) mass is 378 g/mol. The number of hydrogen-bond acceptors (Lipinski definition) is 8. The van der Waals surface area contributed by atoms with Crippen LogP contribution in [0.3, 0.4) is 0 Å². The molecule has 0 saturated carbocycles. The van der Waals surface area contributed by atoms with Crippen LogP contribution >= 0.6 is 11.3 Å². The summed E-state index contributed by atoms with van der Waals surface area (Å²) in [5, 5.41) is 13.3. The number of rotatable bonds is 7. The highest BCUT2D eigenvalue weighted by molar-refractivity contribution is 7.15. The summed E-state index contributed by atoms with van der Waals surface area (Å²) in [5.41, 5.74) is 0.790. The maximum absolute atomic E-state index is 11.5. The van der Waals surface area contributed by atoms with Gasteiger partial charge in [0.15, 0.2) is 11.5 Å². The number of imidazole rings is 1. The van der Waals surface area contributed by atoms with E-state index in [0.29, 0.717) is 34.6 Å². The fraction of sp³-hybridized carbons (Fsp3) is 0.312. The van der Waals surface area contributed by atoms with E-state index >= 15 is 0 Å². The van der Waals surface area contributed by atoms with Crippen LogP contribution in [0.25, 0.3) is 4.96 Å². The summed E-state index contributed by atoms with van der Waals surface area (Å²) in [5.74, 6) is 1.76. The Morgan fingerprint density at radius 1 is 1.23 bits per heavy atom. The van der Waals surface area contributed by atoms with E-state index in [1.54, 1.807) is 36.7 Å². The number of fused-ring (bicyclic) bond motifs is 1. The summed E-state index contributed by atoms with van der Waals surface area (Å²) in [6.45, 7) is 0.342. The fourth-order valence-corrected chi connectivity index (χ4v) is 3.51. The van der Waals surface area contributed by atoms with Crippen LogP contribution in [0.1, 0.15) is 5.56 Å². The Bertz CT molecular complexity index is 952. The van der Waals surface area contributed by atoms with E-state index in [2.05, 4.69) is 4.98 Å². The van der Waals surface area contributed by atoms with E-state index in [4.69, 9.17) is 14.2 Å². The number of anilines is 1. The first-order valence-electron chi connectivity index (χ1n) is 7.60. The Hall–Kier alpha value is -3.01. The molecule has 10 heteroatoms. The number of benzene rings is 1. The predicted octanol–water partition coefficient (Wildman–Crippen LogP) is 2.97. The Kier molecular flexibility index (Phi) is 4.85. The SMILES string of the molecule is COc1ccc(CN(C)c2nc3sccn3c2[N+](=O)[O-])c(OC)c1OC. The summed E-state index contributed by atoms with van der Waals surface area (Å²) in [6, 6.07) is 3.60. The van der Waals surface area contributed by atoms with Gasteiger partial charge in [0, 0.05) is 24.5 Å². The highest BCUT2D eigenvalue weighted by Gasteiger charge is 2.27.